The summed E-state index contributed by atoms with van der Waals surface area (Å²) in [4.78, 5) is 0. The predicted octanol–water partition coefficient (Wildman–Crippen LogP) is 4.53. The molecule has 4 heterocycles. The zero-order valence-corrected chi connectivity index (χ0v) is 22.0. The lowest BCUT2D eigenvalue weighted by Crippen LogP contribution is -2.37. The number of aliphatic hydroxyl groups excluding tert-OH is 1. The van der Waals surface area contributed by atoms with Crippen molar-refractivity contribution < 1.29 is 23.0 Å². The van der Waals surface area contributed by atoms with Crippen molar-refractivity contribution in [2.45, 2.75) is 18.7 Å². The Morgan fingerprint density at radius 3 is 2.50 bits per heavy atom. The minimum absolute atomic E-state index is 0.0206. The molecule has 4 aromatic heterocycles. The Bertz CT molecular complexity index is 1850. The lowest BCUT2D eigenvalue weighted by molar-refractivity contribution is -0.616. The monoisotopic (exact) mass is 593 g/mol. The third kappa shape index (κ3) is 4.86. The number of aromatic nitrogens is 9. The summed E-state index contributed by atoms with van der Waals surface area (Å²) in [5.74, 6) is -0.786. The van der Waals surface area contributed by atoms with Gasteiger partial charge in [0, 0.05) is 24.0 Å². The number of benzene rings is 2. The molecule has 1 N–H and O–H groups in total. The van der Waals surface area contributed by atoms with E-state index < -0.39 is 24.5 Å². The summed E-state index contributed by atoms with van der Waals surface area (Å²) in [6.45, 7) is -2.88. The van der Waals surface area contributed by atoms with Gasteiger partial charge in [-0.1, -0.05) is 41.9 Å². The second-order valence-corrected chi connectivity index (χ2v) is 9.53. The molecule has 2 aromatic carbocycles. The number of hydrogen-bond donors (Lipinski definition) is 1. The van der Waals surface area contributed by atoms with E-state index in [9.17, 15) is 19.1 Å². The molecule has 0 aliphatic heterocycles. The number of hydrogen-bond acceptors (Lipinski definition) is 7. The van der Waals surface area contributed by atoms with Gasteiger partial charge in [0.2, 0.25) is 5.69 Å². The van der Waals surface area contributed by atoms with E-state index in [1.165, 1.54) is 64.6 Å². The Labute approximate surface area is 240 Å². The quantitative estimate of drug-likeness (QED) is 0.203. The first-order chi connectivity index (χ1) is 20.3. The van der Waals surface area contributed by atoms with Gasteiger partial charge in [-0.3, -0.25) is 4.68 Å². The van der Waals surface area contributed by atoms with Gasteiger partial charge in [-0.05, 0) is 40.3 Å². The van der Waals surface area contributed by atoms with Crippen LogP contribution in [0.4, 0.5) is 13.2 Å². The van der Waals surface area contributed by atoms with Crippen LogP contribution in [0.5, 0.6) is 0 Å². The van der Waals surface area contributed by atoms with Crippen molar-refractivity contribution in [2.75, 3.05) is 0 Å². The molecule has 0 aliphatic carbocycles. The van der Waals surface area contributed by atoms with E-state index in [-0.39, 0.29) is 33.2 Å². The van der Waals surface area contributed by atoms with Gasteiger partial charge in [0.1, 0.15) is 12.4 Å². The number of pyridine rings is 1. The van der Waals surface area contributed by atoms with Gasteiger partial charge in [-0.25, -0.2) is 9.07 Å². The van der Waals surface area contributed by atoms with Crippen LogP contribution in [-0.2, 0) is 0 Å². The summed E-state index contributed by atoms with van der Waals surface area (Å²) in [7, 11) is 0. The van der Waals surface area contributed by atoms with E-state index in [0.29, 0.717) is 20.5 Å². The molecule has 15 heteroatoms. The van der Waals surface area contributed by atoms with Gasteiger partial charge in [0.05, 0.1) is 33.7 Å². The molecule has 11 nitrogen and oxygen atoms in total. The third-order valence-corrected chi connectivity index (χ3v) is 6.97. The Morgan fingerprint density at radius 2 is 1.79 bits per heavy atom. The van der Waals surface area contributed by atoms with Crippen molar-refractivity contribution in [1.29, 1.82) is 0 Å². The van der Waals surface area contributed by atoms with Gasteiger partial charge in [0.25, 0.3) is 0 Å². The molecular weight excluding hydrogens is 575 g/mol. The Kier molecular flexibility index (Phi) is 7.14. The average Bonchev–Trinajstić information content (AvgIpc) is 3.78. The second kappa shape index (κ2) is 11.1. The Hall–Kier alpha value is -5.08. The normalized spacial score (nSPS) is 13.0. The lowest BCUT2D eigenvalue weighted by atomic mass is 9.97. The standard InChI is InChI=1S/C27H19ClF3N9O2/c28-19-7-9-21(38-15-32-35-36-38)23(24(19)29)17-6-8-22(39(42)14-17)25(26(41)16-4-2-1-3-5-16)37-13-18(12-34-37)20-10-11-33-40(20)27(30)31/h1-15,25-27,41H/t25-,26+/m0/s1. The maximum atomic E-state index is 15.3. The highest BCUT2D eigenvalue weighted by molar-refractivity contribution is 6.31. The first-order valence-electron chi connectivity index (χ1n) is 12.4. The highest BCUT2D eigenvalue weighted by atomic mass is 35.5. The van der Waals surface area contributed by atoms with Crippen molar-refractivity contribution in [3.05, 3.63) is 119 Å². The molecule has 0 aliphatic rings. The molecule has 6 aromatic rings. The van der Waals surface area contributed by atoms with Gasteiger partial charge in [-0.2, -0.15) is 28.4 Å². The first-order valence-corrected chi connectivity index (χ1v) is 12.8. The van der Waals surface area contributed by atoms with E-state index in [2.05, 4.69) is 25.7 Å². The maximum absolute atomic E-state index is 15.3. The van der Waals surface area contributed by atoms with Crippen molar-refractivity contribution in [2.24, 2.45) is 0 Å². The van der Waals surface area contributed by atoms with Crippen LogP contribution in [0.1, 0.15) is 30.0 Å². The van der Waals surface area contributed by atoms with Crippen LogP contribution in [0.3, 0.4) is 0 Å². The van der Waals surface area contributed by atoms with Crippen molar-refractivity contribution >= 4 is 11.6 Å². The third-order valence-electron chi connectivity index (χ3n) is 6.68. The Balaban J connectivity index is 1.47. The van der Waals surface area contributed by atoms with Crippen molar-refractivity contribution in [1.82, 2.24) is 39.8 Å². The van der Waals surface area contributed by atoms with E-state index in [1.54, 1.807) is 30.3 Å². The smallest absolute Gasteiger partial charge is 0.333 e. The number of aliphatic hydroxyl groups is 1. The summed E-state index contributed by atoms with van der Waals surface area (Å²) < 4.78 is 45.8. The van der Waals surface area contributed by atoms with Gasteiger partial charge < -0.3 is 10.3 Å². The summed E-state index contributed by atoms with van der Waals surface area (Å²) in [6, 6.07) is 14.6. The number of halogens is 4. The Morgan fingerprint density at radius 1 is 0.976 bits per heavy atom. The zero-order chi connectivity index (χ0) is 29.4. The fourth-order valence-corrected chi connectivity index (χ4v) is 4.90. The molecule has 0 radical (unpaired) electrons. The van der Waals surface area contributed by atoms with Crippen LogP contribution in [0.2, 0.25) is 5.02 Å². The second-order valence-electron chi connectivity index (χ2n) is 9.13. The van der Waals surface area contributed by atoms with Crippen LogP contribution in [0, 0.1) is 11.0 Å². The minimum Gasteiger partial charge on any atom is -0.618 e. The summed E-state index contributed by atoms with van der Waals surface area (Å²) >= 11 is 6.06. The highest BCUT2D eigenvalue weighted by Gasteiger charge is 2.33. The van der Waals surface area contributed by atoms with Crippen LogP contribution in [0.25, 0.3) is 28.1 Å². The summed E-state index contributed by atoms with van der Waals surface area (Å²) in [5.41, 5.74) is 1.28. The van der Waals surface area contributed by atoms with Gasteiger partial charge in [0.15, 0.2) is 18.1 Å². The van der Waals surface area contributed by atoms with Crippen LogP contribution in [0.15, 0.2) is 91.8 Å². The topological polar surface area (TPSA) is 126 Å². The average molecular weight is 594 g/mol. The van der Waals surface area contributed by atoms with Gasteiger partial charge in [-0.15, -0.1) is 5.10 Å². The molecule has 0 bridgehead atoms. The largest absolute Gasteiger partial charge is 0.618 e. The number of nitrogens with zero attached hydrogens (tertiary/aromatic N) is 9. The minimum atomic E-state index is -2.88. The molecule has 212 valence electrons. The fourth-order valence-electron chi connectivity index (χ4n) is 4.74. The maximum Gasteiger partial charge on any atom is 0.333 e. The van der Waals surface area contributed by atoms with E-state index >= 15 is 4.39 Å². The van der Waals surface area contributed by atoms with Crippen molar-refractivity contribution in [3.63, 3.8) is 0 Å². The van der Waals surface area contributed by atoms with E-state index in [0.717, 1.165) is 6.20 Å². The molecule has 0 saturated heterocycles. The predicted molar refractivity (Wildman–Crippen MR) is 143 cm³/mol. The molecule has 42 heavy (non-hydrogen) atoms. The molecule has 2 atom stereocenters. The molecule has 0 spiro atoms. The van der Waals surface area contributed by atoms with E-state index in [4.69, 9.17) is 11.6 Å². The van der Waals surface area contributed by atoms with E-state index in [1.807, 2.05) is 0 Å². The number of rotatable bonds is 8. The molecule has 0 saturated carbocycles. The highest BCUT2D eigenvalue weighted by Crippen LogP contribution is 2.36. The molecular formula is C27H19ClF3N9O2. The van der Waals surface area contributed by atoms with Crippen molar-refractivity contribution in [3.8, 4) is 28.1 Å². The number of alkyl halides is 2. The summed E-state index contributed by atoms with van der Waals surface area (Å²) in [6.07, 6.45) is 5.13. The van der Waals surface area contributed by atoms with Crippen LogP contribution in [-0.4, -0.2) is 44.9 Å². The SMILES string of the molecule is [O-][n+]1cc(-c2c(-n3cnnn3)ccc(Cl)c2F)ccc1[C@@H]([C@H](O)c1ccccc1)n1cc(-c2ccnn2C(F)F)cn1. The molecule has 0 amide bonds. The molecule has 0 fully saturated rings. The zero-order valence-electron chi connectivity index (χ0n) is 21.3. The fraction of sp³-hybridized carbons (Fsp3) is 0.111. The lowest BCUT2D eigenvalue weighted by Gasteiger charge is -2.23. The molecule has 0 unspecified atom stereocenters. The first kappa shape index (κ1) is 27.1. The molecule has 6 rings (SSSR count). The number of tetrazole rings is 1. The summed E-state index contributed by atoms with van der Waals surface area (Å²) in [5, 5.41) is 43.8. The van der Waals surface area contributed by atoms with Gasteiger partial charge >= 0.3 is 6.55 Å². The van der Waals surface area contributed by atoms with Crippen LogP contribution >= 0.6 is 11.6 Å². The van der Waals surface area contributed by atoms with Crippen LogP contribution < -0.4 is 4.73 Å².